The van der Waals surface area contributed by atoms with Crippen LogP contribution in [0.15, 0.2) is 34.9 Å². The summed E-state index contributed by atoms with van der Waals surface area (Å²) in [6, 6.07) is 0. The van der Waals surface area contributed by atoms with Gasteiger partial charge in [-0.1, -0.05) is 12.2 Å². The maximum Gasteiger partial charge on any atom is 0.416 e. The van der Waals surface area contributed by atoms with Gasteiger partial charge in [0.05, 0.1) is 5.57 Å². The lowest BCUT2D eigenvalue weighted by atomic mass is 9.98. The van der Waals surface area contributed by atoms with Gasteiger partial charge in [0.25, 0.3) is 0 Å². The minimum absolute atomic E-state index is 0.367. The molecule has 2 aliphatic rings. The fourth-order valence-corrected chi connectivity index (χ4v) is 1.86. The Bertz CT molecular complexity index is 347. The van der Waals surface area contributed by atoms with Gasteiger partial charge in [0.15, 0.2) is 0 Å². The van der Waals surface area contributed by atoms with Crippen molar-refractivity contribution in [3.8, 4) is 0 Å². The van der Waals surface area contributed by atoms with E-state index in [9.17, 15) is 13.2 Å². The fraction of sp³-hybridized carbons (Fsp3) is 0.455. The molecule has 0 aromatic rings. The van der Waals surface area contributed by atoms with E-state index in [0.717, 1.165) is 17.7 Å². The Balaban J connectivity index is 2.29. The Morgan fingerprint density at radius 3 is 2.67 bits per heavy atom. The summed E-state index contributed by atoms with van der Waals surface area (Å²) in [7, 11) is 0. The van der Waals surface area contributed by atoms with Gasteiger partial charge in [-0.15, -0.1) is 0 Å². The van der Waals surface area contributed by atoms with Crippen LogP contribution in [-0.2, 0) is 0 Å². The van der Waals surface area contributed by atoms with Crippen LogP contribution < -0.4 is 5.32 Å². The van der Waals surface area contributed by atoms with Gasteiger partial charge in [0.1, 0.15) is 0 Å². The predicted molar refractivity (Wildman–Crippen MR) is 52.4 cm³/mol. The molecule has 0 bridgehead atoms. The van der Waals surface area contributed by atoms with Gasteiger partial charge < -0.3 is 5.32 Å². The van der Waals surface area contributed by atoms with Crippen molar-refractivity contribution >= 4 is 0 Å². The van der Waals surface area contributed by atoms with E-state index in [1.54, 1.807) is 0 Å². The van der Waals surface area contributed by atoms with Crippen LogP contribution in [0.2, 0.25) is 0 Å². The molecule has 15 heavy (non-hydrogen) atoms. The van der Waals surface area contributed by atoms with Gasteiger partial charge in [-0.05, 0) is 36.6 Å². The number of hydrogen-bond acceptors (Lipinski definition) is 1. The second-order valence-corrected chi connectivity index (χ2v) is 3.72. The molecule has 1 aliphatic heterocycles. The number of piperidine rings is 1. The van der Waals surface area contributed by atoms with Crippen LogP contribution in [-0.4, -0.2) is 19.3 Å². The first-order valence-corrected chi connectivity index (χ1v) is 4.95. The highest BCUT2D eigenvalue weighted by Gasteiger charge is 2.32. The van der Waals surface area contributed by atoms with Gasteiger partial charge in [-0.2, -0.15) is 13.2 Å². The number of hydrogen-bond donors (Lipinski definition) is 1. The molecule has 82 valence electrons. The van der Waals surface area contributed by atoms with Crippen LogP contribution in [0, 0.1) is 0 Å². The molecule has 0 spiro atoms. The van der Waals surface area contributed by atoms with Crippen molar-refractivity contribution in [3.05, 3.63) is 34.9 Å². The van der Waals surface area contributed by atoms with Crippen molar-refractivity contribution in [2.75, 3.05) is 13.1 Å². The molecule has 4 heteroatoms. The highest BCUT2D eigenvalue weighted by Crippen LogP contribution is 2.32. The lowest BCUT2D eigenvalue weighted by Crippen LogP contribution is -2.25. The van der Waals surface area contributed by atoms with Crippen LogP contribution in [0.25, 0.3) is 0 Å². The van der Waals surface area contributed by atoms with Crippen molar-refractivity contribution in [1.82, 2.24) is 5.32 Å². The summed E-state index contributed by atoms with van der Waals surface area (Å²) in [6.07, 6.45) is 1.24. The predicted octanol–water partition coefficient (Wildman–Crippen LogP) is 2.72. The van der Waals surface area contributed by atoms with Crippen molar-refractivity contribution in [2.45, 2.75) is 19.0 Å². The van der Waals surface area contributed by atoms with Crippen molar-refractivity contribution in [2.24, 2.45) is 0 Å². The van der Waals surface area contributed by atoms with E-state index in [1.807, 2.05) is 6.08 Å². The maximum absolute atomic E-state index is 12.5. The van der Waals surface area contributed by atoms with Gasteiger partial charge in [0.2, 0.25) is 0 Å². The summed E-state index contributed by atoms with van der Waals surface area (Å²) in [6.45, 7) is 1.44. The molecule has 0 unspecified atom stereocenters. The molecular weight excluding hydrogens is 203 g/mol. The molecule has 0 atom stereocenters. The molecule has 1 fully saturated rings. The number of halogens is 3. The molecular formula is C11H12F3N. The molecule has 1 heterocycles. The van der Waals surface area contributed by atoms with Gasteiger partial charge in [-0.25, -0.2) is 0 Å². The lowest BCUT2D eigenvalue weighted by molar-refractivity contribution is -0.0884. The molecule has 1 saturated heterocycles. The molecule has 0 amide bonds. The van der Waals surface area contributed by atoms with Gasteiger partial charge in [0, 0.05) is 6.54 Å². The van der Waals surface area contributed by atoms with Gasteiger partial charge in [-0.3, -0.25) is 0 Å². The Morgan fingerprint density at radius 1 is 1.13 bits per heavy atom. The third-order valence-corrected chi connectivity index (χ3v) is 2.66. The highest BCUT2D eigenvalue weighted by atomic mass is 19.4. The zero-order valence-corrected chi connectivity index (χ0v) is 8.19. The number of rotatable bonds is 0. The smallest absolute Gasteiger partial charge is 0.312 e. The number of fused-ring (bicyclic) bond motifs is 1. The molecule has 0 radical (unpaired) electrons. The van der Waals surface area contributed by atoms with E-state index >= 15 is 0 Å². The largest absolute Gasteiger partial charge is 0.416 e. The second kappa shape index (κ2) is 3.85. The van der Waals surface area contributed by atoms with E-state index < -0.39 is 11.7 Å². The first kappa shape index (κ1) is 10.5. The Labute approximate surface area is 86.4 Å². The first-order chi connectivity index (χ1) is 7.07. The summed E-state index contributed by atoms with van der Waals surface area (Å²) < 4.78 is 37.6. The monoisotopic (exact) mass is 215 g/mol. The molecule has 1 aliphatic carbocycles. The molecule has 1 N–H and O–H groups in total. The fourth-order valence-electron chi connectivity index (χ4n) is 1.86. The normalized spacial score (nSPS) is 22.2. The average Bonchev–Trinajstić information content (AvgIpc) is 2.38. The molecule has 0 aromatic heterocycles. The van der Waals surface area contributed by atoms with E-state index in [1.165, 1.54) is 12.2 Å². The van der Waals surface area contributed by atoms with E-state index in [0.29, 0.717) is 19.4 Å². The lowest BCUT2D eigenvalue weighted by Gasteiger charge is -2.19. The van der Waals surface area contributed by atoms with Crippen LogP contribution in [0.5, 0.6) is 0 Å². The summed E-state index contributed by atoms with van der Waals surface area (Å²) in [4.78, 5) is 0. The minimum Gasteiger partial charge on any atom is -0.312 e. The van der Waals surface area contributed by atoms with Crippen molar-refractivity contribution in [3.63, 3.8) is 0 Å². The highest BCUT2D eigenvalue weighted by molar-refractivity contribution is 5.43. The van der Waals surface area contributed by atoms with Crippen LogP contribution in [0.3, 0.4) is 0 Å². The third kappa shape index (κ3) is 2.31. The molecule has 0 aromatic carbocycles. The minimum atomic E-state index is -4.22. The third-order valence-electron chi connectivity index (χ3n) is 2.66. The number of alkyl halides is 3. The second-order valence-electron chi connectivity index (χ2n) is 3.72. The van der Waals surface area contributed by atoms with Gasteiger partial charge >= 0.3 is 6.18 Å². The Kier molecular flexibility index (Phi) is 2.69. The summed E-state index contributed by atoms with van der Waals surface area (Å²) in [5, 5.41) is 3.15. The Morgan fingerprint density at radius 2 is 1.93 bits per heavy atom. The number of nitrogens with one attached hydrogen (secondary N) is 1. The molecule has 2 rings (SSSR count). The summed E-state index contributed by atoms with van der Waals surface area (Å²) in [5.74, 6) is 0. The quantitative estimate of drug-likeness (QED) is 0.655. The maximum atomic E-state index is 12.5. The number of allylic oxidation sites excluding steroid dienone is 4. The van der Waals surface area contributed by atoms with Crippen LogP contribution >= 0.6 is 0 Å². The van der Waals surface area contributed by atoms with Crippen LogP contribution in [0.4, 0.5) is 13.2 Å². The first-order valence-electron chi connectivity index (χ1n) is 4.95. The van der Waals surface area contributed by atoms with E-state index in [4.69, 9.17) is 0 Å². The van der Waals surface area contributed by atoms with Crippen molar-refractivity contribution < 1.29 is 13.2 Å². The Hall–Kier alpha value is -1.03. The van der Waals surface area contributed by atoms with E-state index in [-0.39, 0.29) is 0 Å². The topological polar surface area (TPSA) is 12.0 Å². The average molecular weight is 215 g/mol. The van der Waals surface area contributed by atoms with Crippen LogP contribution in [0.1, 0.15) is 12.8 Å². The SMILES string of the molecule is FC(F)(F)C1=CCC=C2CNCCC2=C1. The summed E-state index contributed by atoms with van der Waals surface area (Å²) in [5.41, 5.74) is 1.33. The van der Waals surface area contributed by atoms with E-state index in [2.05, 4.69) is 5.32 Å². The molecule has 0 saturated carbocycles. The zero-order chi connectivity index (χ0) is 10.9. The zero-order valence-electron chi connectivity index (χ0n) is 8.19. The van der Waals surface area contributed by atoms with Crippen molar-refractivity contribution in [1.29, 1.82) is 0 Å². The molecule has 1 nitrogen and oxygen atoms in total. The standard InChI is InChI=1S/C11H12F3N/c12-11(13,14)10-3-1-2-9-7-15-5-4-8(9)6-10/h2-3,6,15H,1,4-5,7H2. The summed E-state index contributed by atoms with van der Waals surface area (Å²) >= 11 is 0.